The molecule has 1 aromatic rings. The van der Waals surface area contributed by atoms with Crippen LogP contribution in [-0.4, -0.2) is 41.9 Å². The monoisotopic (exact) mass is 360 g/mol. The molecule has 1 saturated heterocycles. The standard InChI is InChI=1S/C17H23F3N2OS/c1-24-11-8-15(21)16(23)22-9-6-13(7-10-22)12-2-4-14(5-3-12)17(18,19)20/h2-5,13,15H,6-11,21H2,1H3. The molecule has 2 N–H and O–H groups in total. The van der Waals surface area contributed by atoms with E-state index in [2.05, 4.69) is 0 Å². The van der Waals surface area contributed by atoms with Gasteiger partial charge in [0.25, 0.3) is 0 Å². The van der Waals surface area contributed by atoms with E-state index in [1.165, 1.54) is 0 Å². The fraction of sp³-hybridized carbons (Fsp3) is 0.588. The number of rotatable bonds is 5. The van der Waals surface area contributed by atoms with E-state index in [-0.39, 0.29) is 11.8 Å². The maximum Gasteiger partial charge on any atom is 0.416 e. The van der Waals surface area contributed by atoms with Gasteiger partial charge < -0.3 is 10.6 Å². The molecule has 0 spiro atoms. The van der Waals surface area contributed by atoms with Gasteiger partial charge in [-0.3, -0.25) is 4.79 Å². The van der Waals surface area contributed by atoms with Gasteiger partial charge in [-0.15, -0.1) is 0 Å². The molecule has 1 amide bonds. The van der Waals surface area contributed by atoms with Crippen LogP contribution in [0, 0.1) is 0 Å². The van der Waals surface area contributed by atoms with Gasteiger partial charge in [0.15, 0.2) is 0 Å². The normalized spacial score (nSPS) is 17.8. The molecule has 0 aliphatic carbocycles. The van der Waals surface area contributed by atoms with Crippen LogP contribution in [0.2, 0.25) is 0 Å². The largest absolute Gasteiger partial charge is 0.416 e. The number of nitrogens with two attached hydrogens (primary N) is 1. The Kier molecular flexibility index (Phi) is 6.57. The summed E-state index contributed by atoms with van der Waals surface area (Å²) in [5, 5.41) is 0. The first kappa shape index (κ1) is 19.1. The molecule has 1 fully saturated rings. The number of likely N-dealkylation sites (tertiary alicyclic amines) is 1. The van der Waals surface area contributed by atoms with E-state index < -0.39 is 17.8 Å². The number of alkyl halides is 3. The average Bonchev–Trinajstić information content (AvgIpc) is 2.58. The Morgan fingerprint density at radius 3 is 2.38 bits per heavy atom. The van der Waals surface area contributed by atoms with Gasteiger partial charge in [0.1, 0.15) is 0 Å². The molecule has 134 valence electrons. The average molecular weight is 360 g/mol. The summed E-state index contributed by atoms with van der Waals surface area (Å²) < 4.78 is 37.8. The molecule has 2 rings (SSSR count). The zero-order chi connectivity index (χ0) is 17.7. The van der Waals surface area contributed by atoms with Crippen molar-refractivity contribution in [3.63, 3.8) is 0 Å². The molecule has 0 aromatic heterocycles. The lowest BCUT2D eigenvalue weighted by Crippen LogP contribution is -2.47. The Labute approximate surface area is 144 Å². The van der Waals surface area contributed by atoms with Crippen molar-refractivity contribution in [1.29, 1.82) is 0 Å². The van der Waals surface area contributed by atoms with Crippen molar-refractivity contribution < 1.29 is 18.0 Å². The molecule has 0 bridgehead atoms. The van der Waals surface area contributed by atoms with E-state index in [1.54, 1.807) is 28.8 Å². The molecule has 1 aromatic carbocycles. The zero-order valence-corrected chi connectivity index (χ0v) is 14.5. The highest BCUT2D eigenvalue weighted by molar-refractivity contribution is 7.98. The smallest absolute Gasteiger partial charge is 0.341 e. The Morgan fingerprint density at radius 2 is 1.88 bits per heavy atom. The summed E-state index contributed by atoms with van der Waals surface area (Å²) >= 11 is 1.66. The number of hydrogen-bond donors (Lipinski definition) is 1. The molecular weight excluding hydrogens is 337 g/mol. The number of benzene rings is 1. The Morgan fingerprint density at radius 1 is 1.29 bits per heavy atom. The maximum absolute atomic E-state index is 12.6. The van der Waals surface area contributed by atoms with E-state index in [0.717, 1.165) is 36.3 Å². The second kappa shape index (κ2) is 8.25. The van der Waals surface area contributed by atoms with Crippen LogP contribution in [0.3, 0.4) is 0 Å². The number of carbonyl (C=O) groups is 1. The van der Waals surface area contributed by atoms with Gasteiger partial charge in [0.05, 0.1) is 11.6 Å². The first-order valence-electron chi connectivity index (χ1n) is 8.03. The van der Waals surface area contributed by atoms with Crippen molar-refractivity contribution in [2.45, 2.75) is 37.4 Å². The molecule has 1 heterocycles. The molecule has 3 nitrogen and oxygen atoms in total. The lowest BCUT2D eigenvalue weighted by molar-refractivity contribution is -0.137. The van der Waals surface area contributed by atoms with Crippen LogP contribution in [0.1, 0.15) is 36.3 Å². The number of amides is 1. The van der Waals surface area contributed by atoms with Gasteiger partial charge >= 0.3 is 6.18 Å². The highest BCUT2D eigenvalue weighted by Crippen LogP contribution is 2.33. The summed E-state index contributed by atoms with van der Waals surface area (Å²) in [5.74, 6) is 1.03. The van der Waals surface area contributed by atoms with Crippen LogP contribution in [0.25, 0.3) is 0 Å². The second-order valence-electron chi connectivity index (χ2n) is 6.11. The van der Waals surface area contributed by atoms with Crippen LogP contribution >= 0.6 is 11.8 Å². The number of carbonyl (C=O) groups excluding carboxylic acids is 1. The number of halogens is 3. The van der Waals surface area contributed by atoms with Crippen molar-refractivity contribution in [3.8, 4) is 0 Å². The van der Waals surface area contributed by atoms with Crippen molar-refractivity contribution in [3.05, 3.63) is 35.4 Å². The lowest BCUT2D eigenvalue weighted by atomic mass is 9.88. The van der Waals surface area contributed by atoms with Crippen LogP contribution in [0.4, 0.5) is 13.2 Å². The number of thioether (sulfide) groups is 1. The SMILES string of the molecule is CSCCC(N)C(=O)N1CCC(c2ccc(C(F)(F)F)cc2)CC1. The van der Waals surface area contributed by atoms with Gasteiger partial charge in [0, 0.05) is 13.1 Å². The predicted octanol–water partition coefficient (Wildman–Crippen LogP) is 3.49. The van der Waals surface area contributed by atoms with Crippen molar-refractivity contribution >= 4 is 17.7 Å². The summed E-state index contributed by atoms with van der Waals surface area (Å²) in [7, 11) is 0. The third kappa shape index (κ3) is 4.89. The van der Waals surface area contributed by atoms with E-state index in [4.69, 9.17) is 5.73 Å². The van der Waals surface area contributed by atoms with Crippen molar-refractivity contribution in [1.82, 2.24) is 4.90 Å². The molecule has 1 aliphatic heterocycles. The highest BCUT2D eigenvalue weighted by Gasteiger charge is 2.31. The number of hydrogen-bond acceptors (Lipinski definition) is 3. The van der Waals surface area contributed by atoms with Gasteiger partial charge in [-0.1, -0.05) is 12.1 Å². The second-order valence-corrected chi connectivity index (χ2v) is 7.09. The fourth-order valence-corrected chi connectivity index (χ4v) is 3.47. The molecule has 7 heteroatoms. The van der Waals surface area contributed by atoms with Crippen LogP contribution in [0.5, 0.6) is 0 Å². The molecule has 0 saturated carbocycles. The van der Waals surface area contributed by atoms with Gasteiger partial charge in [-0.2, -0.15) is 24.9 Å². The first-order valence-corrected chi connectivity index (χ1v) is 9.42. The summed E-state index contributed by atoms with van der Waals surface area (Å²) in [6, 6.07) is 4.90. The quantitative estimate of drug-likeness (QED) is 0.874. The minimum atomic E-state index is -4.30. The van der Waals surface area contributed by atoms with Crippen molar-refractivity contribution in [2.75, 3.05) is 25.1 Å². The summed E-state index contributed by atoms with van der Waals surface area (Å²) in [6.07, 6.45) is -0.147. The molecule has 0 radical (unpaired) electrons. The lowest BCUT2D eigenvalue weighted by Gasteiger charge is -2.33. The number of piperidine rings is 1. The van der Waals surface area contributed by atoms with Crippen LogP contribution in [-0.2, 0) is 11.0 Å². The zero-order valence-electron chi connectivity index (χ0n) is 13.7. The highest BCUT2D eigenvalue weighted by atomic mass is 32.2. The molecular formula is C17H23F3N2OS. The van der Waals surface area contributed by atoms with Crippen molar-refractivity contribution in [2.24, 2.45) is 5.73 Å². The Bertz CT molecular complexity index is 540. The minimum absolute atomic E-state index is 0.0186. The van der Waals surface area contributed by atoms with Gasteiger partial charge in [-0.25, -0.2) is 0 Å². The maximum atomic E-state index is 12.6. The molecule has 1 unspecified atom stereocenters. The van der Waals surface area contributed by atoms with Gasteiger partial charge in [0.2, 0.25) is 5.91 Å². The van der Waals surface area contributed by atoms with E-state index in [9.17, 15) is 18.0 Å². The molecule has 1 aliphatic rings. The summed E-state index contributed by atoms with van der Waals surface area (Å²) in [4.78, 5) is 14.1. The Balaban J connectivity index is 1.89. The predicted molar refractivity (Wildman–Crippen MR) is 91.0 cm³/mol. The molecule has 24 heavy (non-hydrogen) atoms. The topological polar surface area (TPSA) is 46.3 Å². The Hall–Kier alpha value is -1.21. The minimum Gasteiger partial charge on any atom is -0.341 e. The fourth-order valence-electron chi connectivity index (χ4n) is 2.98. The van der Waals surface area contributed by atoms with Crippen LogP contribution < -0.4 is 5.73 Å². The third-order valence-electron chi connectivity index (χ3n) is 4.47. The van der Waals surface area contributed by atoms with E-state index in [0.29, 0.717) is 19.5 Å². The van der Waals surface area contributed by atoms with E-state index in [1.807, 2.05) is 6.26 Å². The molecule has 1 atom stereocenters. The van der Waals surface area contributed by atoms with E-state index >= 15 is 0 Å². The number of nitrogens with zero attached hydrogens (tertiary/aromatic N) is 1. The van der Waals surface area contributed by atoms with Gasteiger partial charge in [-0.05, 0) is 54.9 Å². The van der Waals surface area contributed by atoms with Crippen LogP contribution in [0.15, 0.2) is 24.3 Å². The third-order valence-corrected chi connectivity index (χ3v) is 5.11. The summed E-state index contributed by atoms with van der Waals surface area (Å²) in [6.45, 7) is 1.22. The first-order chi connectivity index (χ1) is 11.3. The summed E-state index contributed by atoms with van der Waals surface area (Å²) in [5.41, 5.74) is 6.20.